The Morgan fingerprint density at radius 3 is 2.90 bits per heavy atom. The molecule has 4 nitrogen and oxygen atoms in total. The summed E-state index contributed by atoms with van der Waals surface area (Å²) in [6.07, 6.45) is 2.48. The van der Waals surface area contributed by atoms with E-state index in [0.717, 1.165) is 17.7 Å². The third kappa shape index (κ3) is 7.51. The van der Waals surface area contributed by atoms with Crippen molar-refractivity contribution in [1.29, 1.82) is 0 Å². The number of amides is 1. The number of carbonyl (C=O) groups excluding carboxylic acids is 1. The van der Waals surface area contributed by atoms with Crippen LogP contribution in [0.2, 0.25) is 0 Å². The van der Waals surface area contributed by atoms with Gasteiger partial charge in [-0.25, -0.2) is 0 Å². The van der Waals surface area contributed by atoms with Gasteiger partial charge < -0.3 is 0 Å². The van der Waals surface area contributed by atoms with Crippen molar-refractivity contribution >= 4 is 38.1 Å². The molecule has 108 valence electrons. The van der Waals surface area contributed by atoms with E-state index >= 15 is 0 Å². The molecule has 0 radical (unpaired) electrons. The Labute approximate surface area is 131 Å². The van der Waals surface area contributed by atoms with E-state index < -0.39 is 6.09 Å². The zero-order chi connectivity index (χ0) is 14.6. The number of alkyl carbamates (subject to hydrolysis) is 1. The van der Waals surface area contributed by atoms with Crippen molar-refractivity contribution in [3.05, 3.63) is 35.9 Å². The van der Waals surface area contributed by atoms with Crippen LogP contribution in [0.15, 0.2) is 35.3 Å². The second-order valence-electron chi connectivity index (χ2n) is 4.12. The second kappa shape index (κ2) is 10.7. The molecule has 0 aromatic heterocycles. The number of nitrogens with one attached hydrogen (secondary N) is 1. The zero-order valence-electron chi connectivity index (χ0n) is 11.4. The standard InChI is InChI=1S/C14H18N2O2SSe/c1-19-8-7-13(9-15-11-20)16-14(17)18-10-12-5-3-2-4-6-12/h2-6,13H,7-10H2,1H3,(H,16,17)/t13-/m0/s1. The van der Waals surface area contributed by atoms with Crippen molar-refractivity contribution in [2.45, 2.75) is 19.1 Å². The first-order valence-corrected chi connectivity index (χ1v) is 8.51. The van der Waals surface area contributed by atoms with Crippen molar-refractivity contribution in [2.75, 3.05) is 18.6 Å². The number of carbonyl (C=O) groups is 1. The van der Waals surface area contributed by atoms with Crippen LogP contribution in [0.3, 0.4) is 0 Å². The van der Waals surface area contributed by atoms with Crippen LogP contribution in [0.4, 0.5) is 4.79 Å². The number of ether oxygens (including phenoxy) is 1. The summed E-state index contributed by atoms with van der Waals surface area (Å²) in [6, 6.07) is 9.58. The molecular weight excluding hydrogens is 339 g/mol. The first-order chi connectivity index (χ1) is 9.76. The summed E-state index contributed by atoms with van der Waals surface area (Å²) in [7, 11) is 0. The molecule has 0 saturated carbocycles. The molecule has 0 aliphatic rings. The Morgan fingerprint density at radius 1 is 1.50 bits per heavy atom. The van der Waals surface area contributed by atoms with E-state index in [1.165, 1.54) is 0 Å². The van der Waals surface area contributed by atoms with Gasteiger partial charge in [0.2, 0.25) is 0 Å². The summed E-state index contributed by atoms with van der Waals surface area (Å²) in [5, 5.41) is 2.83. The summed E-state index contributed by atoms with van der Waals surface area (Å²) < 4.78 is 7.80. The van der Waals surface area contributed by atoms with Crippen LogP contribution in [0.1, 0.15) is 12.0 Å². The van der Waals surface area contributed by atoms with Crippen LogP contribution < -0.4 is 5.32 Å². The van der Waals surface area contributed by atoms with Crippen molar-refractivity contribution < 1.29 is 9.53 Å². The molecule has 0 aliphatic carbocycles. The number of benzene rings is 1. The zero-order valence-corrected chi connectivity index (χ0v) is 13.9. The quantitative estimate of drug-likeness (QED) is 0.573. The van der Waals surface area contributed by atoms with E-state index in [0.29, 0.717) is 6.54 Å². The van der Waals surface area contributed by atoms with E-state index in [1.807, 2.05) is 36.6 Å². The van der Waals surface area contributed by atoms with Gasteiger partial charge in [-0.1, -0.05) is 0 Å². The SMILES string of the molecule is CSCC[C@@H](CN=C=[Se])NC(=O)OCc1ccccc1. The summed E-state index contributed by atoms with van der Waals surface area (Å²) in [5.41, 5.74) is 0.970. The van der Waals surface area contributed by atoms with Crippen LogP contribution in [-0.2, 0) is 11.3 Å². The van der Waals surface area contributed by atoms with Crippen molar-refractivity contribution in [2.24, 2.45) is 4.99 Å². The molecule has 1 N–H and O–H groups in total. The molecule has 0 aliphatic heterocycles. The maximum absolute atomic E-state index is 11.7. The minimum absolute atomic E-state index is 0.0217. The molecule has 1 rings (SSSR count). The molecule has 1 aromatic rings. The Bertz CT molecular complexity index is 450. The fraction of sp³-hybridized carbons (Fsp3) is 0.429. The maximum atomic E-state index is 11.7. The molecule has 1 amide bonds. The third-order valence-corrected chi connectivity index (χ3v) is 3.50. The summed E-state index contributed by atoms with van der Waals surface area (Å²) in [4.78, 5) is 15.8. The Kier molecular flexibility index (Phi) is 9.09. The third-order valence-electron chi connectivity index (χ3n) is 2.58. The number of hydrogen-bond acceptors (Lipinski definition) is 4. The number of thioether (sulfide) groups is 1. The minimum atomic E-state index is -0.407. The Hall–Kier alpha value is -1.06. The van der Waals surface area contributed by atoms with Gasteiger partial charge >= 0.3 is 132 Å². The first kappa shape index (κ1) is 17.0. The molecule has 0 unspecified atom stereocenters. The van der Waals surface area contributed by atoms with Crippen LogP contribution in [0.25, 0.3) is 0 Å². The topological polar surface area (TPSA) is 50.7 Å². The number of nitrogens with zero attached hydrogens (tertiary/aromatic N) is 1. The second-order valence-corrected chi connectivity index (χ2v) is 5.49. The van der Waals surface area contributed by atoms with E-state index in [4.69, 9.17) is 4.74 Å². The average molecular weight is 357 g/mol. The van der Waals surface area contributed by atoms with E-state index in [1.54, 1.807) is 11.8 Å². The average Bonchev–Trinajstić information content (AvgIpc) is 2.49. The van der Waals surface area contributed by atoms with Crippen molar-refractivity contribution in [1.82, 2.24) is 5.32 Å². The Morgan fingerprint density at radius 2 is 2.25 bits per heavy atom. The van der Waals surface area contributed by atoms with Gasteiger partial charge in [-0.15, -0.1) is 0 Å². The number of rotatable bonds is 8. The molecule has 0 saturated heterocycles. The molecule has 1 atom stereocenters. The molecule has 6 heteroatoms. The molecular formula is C14H18N2O2SSe. The van der Waals surface area contributed by atoms with Gasteiger partial charge in [0.05, 0.1) is 0 Å². The molecule has 0 bridgehead atoms. The van der Waals surface area contributed by atoms with Gasteiger partial charge in [-0.05, 0) is 0 Å². The summed E-state index contributed by atoms with van der Waals surface area (Å²) in [6.45, 7) is 0.785. The first-order valence-electron chi connectivity index (χ1n) is 6.26. The summed E-state index contributed by atoms with van der Waals surface area (Å²) in [5.74, 6) is 0.965. The molecule has 1 aromatic carbocycles. The number of aliphatic imine (C=N–C) groups is 1. The molecule has 0 spiro atoms. The van der Waals surface area contributed by atoms with Crippen LogP contribution in [-0.4, -0.2) is 51.0 Å². The molecule has 0 heterocycles. The predicted molar refractivity (Wildman–Crippen MR) is 84.6 cm³/mol. The Balaban J connectivity index is 2.38. The van der Waals surface area contributed by atoms with Gasteiger partial charge in [-0.2, -0.15) is 0 Å². The van der Waals surface area contributed by atoms with Crippen molar-refractivity contribution in [3.8, 4) is 0 Å². The fourth-order valence-corrected chi connectivity index (χ4v) is 2.22. The van der Waals surface area contributed by atoms with Crippen molar-refractivity contribution in [3.63, 3.8) is 0 Å². The van der Waals surface area contributed by atoms with E-state index in [9.17, 15) is 4.79 Å². The van der Waals surface area contributed by atoms with Gasteiger partial charge in [0.1, 0.15) is 0 Å². The molecule has 20 heavy (non-hydrogen) atoms. The van der Waals surface area contributed by atoms with Gasteiger partial charge in [0.15, 0.2) is 0 Å². The van der Waals surface area contributed by atoms with Gasteiger partial charge in [-0.3, -0.25) is 0 Å². The van der Waals surface area contributed by atoms with E-state index in [-0.39, 0.29) is 12.6 Å². The number of hydrogen-bond donors (Lipinski definition) is 1. The van der Waals surface area contributed by atoms with Crippen LogP contribution in [0.5, 0.6) is 0 Å². The van der Waals surface area contributed by atoms with Gasteiger partial charge in [0, 0.05) is 0 Å². The van der Waals surface area contributed by atoms with Crippen LogP contribution >= 0.6 is 11.8 Å². The molecule has 0 fully saturated rings. The normalized spacial score (nSPS) is 11.2. The summed E-state index contributed by atoms with van der Waals surface area (Å²) >= 11 is 4.33. The predicted octanol–water partition coefficient (Wildman–Crippen LogP) is 2.11. The van der Waals surface area contributed by atoms with Crippen LogP contribution in [0, 0.1) is 0 Å². The monoisotopic (exact) mass is 358 g/mol. The fourth-order valence-electron chi connectivity index (χ4n) is 1.55. The van der Waals surface area contributed by atoms with Gasteiger partial charge in [0.25, 0.3) is 0 Å². The van der Waals surface area contributed by atoms with E-state index in [2.05, 4.69) is 30.6 Å².